The van der Waals surface area contributed by atoms with E-state index in [1.807, 2.05) is 0 Å². The fraction of sp³-hybridized carbons (Fsp3) is 0.500. The molecule has 19 heteroatoms. The molecule has 0 saturated carbocycles. The van der Waals surface area contributed by atoms with Crippen LogP contribution in [0.2, 0.25) is 0 Å². The monoisotopic (exact) mass is 788 g/mol. The Morgan fingerprint density at radius 2 is 0.964 bits per heavy atom. The fourth-order valence-corrected chi connectivity index (χ4v) is 6.98. The Morgan fingerprint density at radius 3 is 1.27 bits per heavy atom. The third-order valence-corrected chi connectivity index (χ3v) is 9.89. The molecule has 2 aromatic carbocycles. The summed E-state index contributed by atoms with van der Waals surface area (Å²) in [5.41, 5.74) is 0.645. The first-order valence-corrected chi connectivity index (χ1v) is 19.1. The van der Waals surface area contributed by atoms with Gasteiger partial charge in [-0.2, -0.15) is 0 Å². The quantitative estimate of drug-likeness (QED) is 0.217. The van der Waals surface area contributed by atoms with Gasteiger partial charge in [-0.1, -0.05) is 27.7 Å². The number of hydrogen-bond donors (Lipinski definition) is 4. The zero-order valence-electron chi connectivity index (χ0n) is 31.5. The second-order valence-corrected chi connectivity index (χ2v) is 14.8. The number of rotatable bonds is 14. The lowest BCUT2D eigenvalue weighted by molar-refractivity contribution is -0.139. The van der Waals surface area contributed by atoms with E-state index in [2.05, 4.69) is 30.7 Å². The number of anilines is 2. The van der Waals surface area contributed by atoms with E-state index in [1.165, 1.54) is 72.6 Å². The Bertz CT molecular complexity index is 1700. The number of carbonyl (C=O) groups excluding carboxylic acids is 6. The van der Waals surface area contributed by atoms with E-state index in [1.54, 1.807) is 27.7 Å². The molecular weight excluding hydrogens is 740 g/mol. The van der Waals surface area contributed by atoms with E-state index in [0.717, 1.165) is 0 Å². The molecule has 0 unspecified atom stereocenters. The van der Waals surface area contributed by atoms with Crippen LogP contribution >= 0.6 is 0 Å². The fourth-order valence-electron chi connectivity index (χ4n) is 6.25. The third kappa shape index (κ3) is 11.2. The van der Waals surface area contributed by atoms with Crippen LogP contribution in [0.4, 0.5) is 21.0 Å². The molecule has 2 saturated heterocycles. The van der Waals surface area contributed by atoms with Gasteiger partial charge < -0.3 is 48.9 Å². The number of hydrogen-bond acceptors (Lipinski definition) is 12. The van der Waals surface area contributed by atoms with Crippen LogP contribution < -0.4 is 29.6 Å². The molecule has 4 rings (SSSR count). The summed E-state index contributed by atoms with van der Waals surface area (Å²) in [4.78, 5) is 79.4. The van der Waals surface area contributed by atoms with E-state index in [9.17, 15) is 37.2 Å². The predicted octanol–water partition coefficient (Wildman–Crippen LogP) is 3.01. The van der Waals surface area contributed by atoms with Crippen molar-refractivity contribution in [3.63, 3.8) is 0 Å². The number of likely N-dealkylation sites (tertiary alicyclic amines) is 2. The first-order chi connectivity index (χ1) is 26.0. The molecule has 0 radical (unpaired) electrons. The number of nitrogens with one attached hydrogen (secondary N) is 4. The lowest BCUT2D eigenvalue weighted by Crippen LogP contribution is -2.54. The first kappa shape index (κ1) is 42.2. The van der Waals surface area contributed by atoms with Crippen molar-refractivity contribution in [1.82, 2.24) is 20.4 Å². The maximum absolute atomic E-state index is 13.3. The van der Waals surface area contributed by atoms with Gasteiger partial charge in [0.2, 0.25) is 23.6 Å². The van der Waals surface area contributed by atoms with Gasteiger partial charge in [-0.3, -0.25) is 19.2 Å². The van der Waals surface area contributed by atoms with Crippen LogP contribution in [0.25, 0.3) is 0 Å². The van der Waals surface area contributed by atoms with Crippen molar-refractivity contribution in [2.24, 2.45) is 11.8 Å². The molecule has 2 heterocycles. The standard InChI is InChI=1S/C36H48N6O12S/c1-21(2)29(39-35(47)51-5)33(45)41-19-7-9-27(41)31(43)37-23-11-15-25(16-12-23)53-55(49,50)54-26-17-13-24(14-18-26)38-32(44)28-10-8-20-42(28)34(46)30(22(3)4)40-36(48)52-6/h11-18,21-22,27-30H,7-10,19-20H2,1-6H3,(H,37,43)(H,38,44)(H,39,47)(H,40,48)/t27-,28-,29-,30-/m0/s1. The Balaban J connectivity index is 1.30. The predicted molar refractivity (Wildman–Crippen MR) is 198 cm³/mol. The molecule has 2 aromatic rings. The minimum Gasteiger partial charge on any atom is -0.453 e. The van der Waals surface area contributed by atoms with Crippen LogP contribution in [0.1, 0.15) is 53.4 Å². The Labute approximate surface area is 319 Å². The number of ether oxygens (including phenoxy) is 2. The molecule has 55 heavy (non-hydrogen) atoms. The first-order valence-electron chi connectivity index (χ1n) is 17.8. The Kier molecular flexibility index (Phi) is 14.3. The highest BCUT2D eigenvalue weighted by Crippen LogP contribution is 2.26. The maximum atomic E-state index is 13.3. The minimum absolute atomic E-state index is 0.106. The van der Waals surface area contributed by atoms with Gasteiger partial charge in [0, 0.05) is 24.5 Å². The number of methoxy groups -OCH3 is 2. The van der Waals surface area contributed by atoms with E-state index in [-0.39, 0.29) is 23.3 Å². The molecule has 0 spiro atoms. The Hall–Kier alpha value is -5.59. The molecule has 2 fully saturated rings. The van der Waals surface area contributed by atoms with E-state index >= 15 is 0 Å². The number of amides is 6. The summed E-state index contributed by atoms with van der Waals surface area (Å²) in [5, 5.41) is 10.5. The molecule has 6 amide bonds. The van der Waals surface area contributed by atoms with Crippen molar-refractivity contribution in [1.29, 1.82) is 0 Å². The normalized spacial score (nSPS) is 17.9. The van der Waals surface area contributed by atoms with Crippen LogP contribution in [0.5, 0.6) is 11.5 Å². The number of alkyl carbamates (subject to hydrolysis) is 2. The van der Waals surface area contributed by atoms with E-state index < -0.39 is 70.4 Å². The minimum atomic E-state index is -4.61. The van der Waals surface area contributed by atoms with Crippen molar-refractivity contribution in [2.75, 3.05) is 37.9 Å². The molecule has 4 N–H and O–H groups in total. The highest BCUT2D eigenvalue weighted by molar-refractivity contribution is 7.82. The molecule has 0 aliphatic carbocycles. The Morgan fingerprint density at radius 1 is 0.618 bits per heavy atom. The SMILES string of the molecule is COC(=O)N[C@H](C(=O)N1CCC[C@H]1C(=O)Nc1ccc(OS(=O)(=O)Oc2ccc(NC(=O)[C@@H]3CCCN3C(=O)[C@@H](NC(=O)OC)C(C)C)cc2)cc1)C(C)C. The summed E-state index contributed by atoms with van der Waals surface area (Å²) in [6.07, 6.45) is 0.515. The molecule has 18 nitrogen and oxygen atoms in total. The smallest absolute Gasteiger partial charge is 0.453 e. The van der Waals surface area contributed by atoms with Crippen LogP contribution in [0.3, 0.4) is 0 Å². The molecule has 2 aliphatic heterocycles. The van der Waals surface area contributed by atoms with Gasteiger partial charge in [0.05, 0.1) is 14.2 Å². The van der Waals surface area contributed by atoms with Gasteiger partial charge >= 0.3 is 22.6 Å². The molecule has 0 bridgehead atoms. The average molecular weight is 789 g/mol. The molecule has 2 aliphatic rings. The molecule has 300 valence electrons. The highest BCUT2D eigenvalue weighted by atomic mass is 32.3. The van der Waals surface area contributed by atoms with Crippen LogP contribution in [0, 0.1) is 11.8 Å². The van der Waals surface area contributed by atoms with Gasteiger partial charge in [0.25, 0.3) is 0 Å². The molecule has 0 aromatic heterocycles. The number of carbonyl (C=O) groups is 6. The van der Waals surface area contributed by atoms with Gasteiger partial charge in [-0.05, 0) is 86.1 Å². The molecular formula is C36H48N6O12S. The summed E-state index contributed by atoms with van der Waals surface area (Å²) in [6.45, 7) is 7.76. The van der Waals surface area contributed by atoms with E-state index in [0.29, 0.717) is 50.1 Å². The summed E-state index contributed by atoms with van der Waals surface area (Å²) in [6, 6.07) is 7.64. The van der Waals surface area contributed by atoms with Gasteiger partial charge in [-0.15, -0.1) is 8.42 Å². The van der Waals surface area contributed by atoms with Crippen molar-refractivity contribution < 1.29 is 55.0 Å². The highest BCUT2D eigenvalue weighted by Gasteiger charge is 2.40. The zero-order valence-corrected chi connectivity index (χ0v) is 32.3. The van der Waals surface area contributed by atoms with Crippen molar-refractivity contribution in [3.8, 4) is 11.5 Å². The van der Waals surface area contributed by atoms with Crippen LogP contribution in [-0.2, 0) is 39.1 Å². The summed E-state index contributed by atoms with van der Waals surface area (Å²) < 4.78 is 44.8. The lowest BCUT2D eigenvalue weighted by Gasteiger charge is -2.30. The largest absolute Gasteiger partial charge is 0.500 e. The van der Waals surface area contributed by atoms with Crippen LogP contribution in [0.15, 0.2) is 48.5 Å². The summed E-state index contributed by atoms with van der Waals surface area (Å²) >= 11 is 0. The maximum Gasteiger partial charge on any atom is 0.500 e. The zero-order chi connectivity index (χ0) is 40.4. The van der Waals surface area contributed by atoms with Crippen molar-refractivity contribution in [3.05, 3.63) is 48.5 Å². The average Bonchev–Trinajstić information content (AvgIpc) is 3.84. The van der Waals surface area contributed by atoms with E-state index in [4.69, 9.17) is 8.37 Å². The van der Waals surface area contributed by atoms with Crippen molar-refractivity contribution >= 4 is 57.6 Å². The topological polar surface area (TPSA) is 228 Å². The third-order valence-electron chi connectivity index (χ3n) is 9.10. The molecule has 4 atom stereocenters. The second-order valence-electron chi connectivity index (χ2n) is 13.7. The summed E-state index contributed by atoms with van der Waals surface area (Å²) in [5.74, 6) is -2.42. The number of nitrogens with zero attached hydrogens (tertiary/aromatic N) is 2. The van der Waals surface area contributed by atoms with Gasteiger partial charge in [0.1, 0.15) is 35.7 Å². The van der Waals surface area contributed by atoms with Gasteiger partial charge in [0.15, 0.2) is 0 Å². The lowest BCUT2D eigenvalue weighted by atomic mass is 10.0. The van der Waals surface area contributed by atoms with Crippen LogP contribution in [-0.4, -0.2) is 106 Å². The second kappa shape index (κ2) is 18.6. The van der Waals surface area contributed by atoms with Crippen molar-refractivity contribution in [2.45, 2.75) is 77.5 Å². The number of benzene rings is 2. The van der Waals surface area contributed by atoms with Gasteiger partial charge in [-0.25, -0.2) is 9.59 Å². The summed E-state index contributed by atoms with van der Waals surface area (Å²) in [7, 11) is -2.22.